The fourth-order valence-corrected chi connectivity index (χ4v) is 4.56. The molecule has 1 heterocycles. The van der Waals surface area contributed by atoms with E-state index < -0.39 is 11.6 Å². The normalized spacial score (nSPS) is 19.9. The number of carbonyl (C=O) groups excluding carboxylic acids is 1. The molecule has 0 aliphatic heterocycles. The van der Waals surface area contributed by atoms with Gasteiger partial charge in [0.2, 0.25) is 5.91 Å². The van der Waals surface area contributed by atoms with Gasteiger partial charge in [0.25, 0.3) is 0 Å². The maximum atomic E-state index is 13.8. The molecule has 162 valence electrons. The highest BCUT2D eigenvalue weighted by molar-refractivity contribution is 5.95. The number of halogens is 3. The quantitative estimate of drug-likeness (QED) is 0.519. The highest BCUT2D eigenvalue weighted by atomic mass is 19.2. The highest BCUT2D eigenvalue weighted by Gasteiger charge is 2.30. The molecule has 7 heteroatoms. The molecule has 0 spiro atoms. The van der Waals surface area contributed by atoms with Crippen LogP contribution >= 0.6 is 0 Å². The topological polar surface area (TPSA) is 68.0 Å². The molecule has 3 aromatic rings. The number of carbonyl (C=O) groups is 1. The van der Waals surface area contributed by atoms with Crippen molar-refractivity contribution in [2.45, 2.75) is 38.5 Å². The van der Waals surface area contributed by atoms with E-state index in [0.717, 1.165) is 54.3 Å². The van der Waals surface area contributed by atoms with Crippen LogP contribution in [0, 0.1) is 29.3 Å². The number of benzene rings is 2. The molecule has 1 saturated carbocycles. The first kappa shape index (κ1) is 21.2. The standard InChI is InChI=1S/C24H24F3N3O/c1-13(24(31)30-23-12-20(27)19(26)11-21(23)28)14-2-4-15(5-3-14)17-8-9-29-22-7-6-16(25)10-18(17)22/h6-15H,2-5,28H2,1H3,(H,30,31)/t13-,14?,15?/m1/s1. The summed E-state index contributed by atoms with van der Waals surface area (Å²) >= 11 is 0. The van der Waals surface area contributed by atoms with Gasteiger partial charge in [0.1, 0.15) is 5.82 Å². The van der Waals surface area contributed by atoms with Crippen molar-refractivity contribution in [1.82, 2.24) is 4.98 Å². The summed E-state index contributed by atoms with van der Waals surface area (Å²) in [5.74, 6) is -2.52. The summed E-state index contributed by atoms with van der Waals surface area (Å²) in [5, 5.41) is 3.47. The van der Waals surface area contributed by atoms with E-state index in [1.807, 2.05) is 13.0 Å². The second-order valence-corrected chi connectivity index (χ2v) is 8.30. The van der Waals surface area contributed by atoms with Crippen molar-refractivity contribution in [3.63, 3.8) is 0 Å². The van der Waals surface area contributed by atoms with Gasteiger partial charge in [-0.2, -0.15) is 0 Å². The van der Waals surface area contributed by atoms with E-state index in [1.165, 1.54) is 12.1 Å². The molecular formula is C24H24F3N3O. The number of amides is 1. The fraction of sp³-hybridized carbons (Fsp3) is 0.333. The lowest BCUT2D eigenvalue weighted by molar-refractivity contribution is -0.121. The first-order valence-electron chi connectivity index (χ1n) is 10.4. The average molecular weight is 427 g/mol. The Hall–Kier alpha value is -3.09. The van der Waals surface area contributed by atoms with Crippen LogP contribution in [-0.2, 0) is 4.79 Å². The van der Waals surface area contributed by atoms with Crippen LogP contribution in [0.5, 0.6) is 0 Å². The summed E-state index contributed by atoms with van der Waals surface area (Å²) in [5.41, 5.74) is 7.64. The van der Waals surface area contributed by atoms with Gasteiger partial charge >= 0.3 is 0 Å². The van der Waals surface area contributed by atoms with Gasteiger partial charge < -0.3 is 11.1 Å². The van der Waals surface area contributed by atoms with Gasteiger partial charge in [0, 0.05) is 29.6 Å². The van der Waals surface area contributed by atoms with Crippen LogP contribution in [0.3, 0.4) is 0 Å². The Labute approximate surface area is 178 Å². The zero-order valence-corrected chi connectivity index (χ0v) is 17.2. The number of hydrogen-bond acceptors (Lipinski definition) is 3. The number of nitrogens with two attached hydrogens (primary N) is 1. The van der Waals surface area contributed by atoms with Crippen molar-refractivity contribution in [3.05, 3.63) is 65.6 Å². The molecule has 4 rings (SSSR count). The number of nitrogens with zero attached hydrogens (tertiary/aromatic N) is 1. The van der Waals surface area contributed by atoms with Crippen LogP contribution < -0.4 is 11.1 Å². The Morgan fingerprint density at radius 2 is 1.77 bits per heavy atom. The molecule has 1 aromatic heterocycles. The van der Waals surface area contributed by atoms with Crippen molar-refractivity contribution < 1.29 is 18.0 Å². The van der Waals surface area contributed by atoms with Gasteiger partial charge in [-0.1, -0.05) is 6.92 Å². The molecule has 1 fully saturated rings. The molecule has 1 atom stereocenters. The molecule has 0 unspecified atom stereocenters. The maximum Gasteiger partial charge on any atom is 0.227 e. The first-order valence-corrected chi connectivity index (χ1v) is 10.4. The van der Waals surface area contributed by atoms with Crippen molar-refractivity contribution in [2.75, 3.05) is 11.1 Å². The summed E-state index contributed by atoms with van der Waals surface area (Å²) in [6, 6.07) is 8.36. The van der Waals surface area contributed by atoms with E-state index in [4.69, 9.17) is 5.73 Å². The highest BCUT2D eigenvalue weighted by Crippen LogP contribution is 2.41. The molecule has 0 saturated heterocycles. The zero-order valence-electron chi connectivity index (χ0n) is 17.2. The average Bonchev–Trinajstić information content (AvgIpc) is 2.76. The number of pyridine rings is 1. The predicted octanol–water partition coefficient (Wildman–Crippen LogP) is 5.78. The SMILES string of the molecule is C[C@@H](C(=O)Nc1cc(F)c(F)cc1N)C1CCC(c2ccnc3ccc(F)cc23)CC1. The molecule has 2 aromatic carbocycles. The van der Waals surface area contributed by atoms with Crippen LogP contribution in [0.1, 0.15) is 44.1 Å². The van der Waals surface area contributed by atoms with Gasteiger partial charge in [-0.25, -0.2) is 13.2 Å². The summed E-state index contributed by atoms with van der Waals surface area (Å²) in [7, 11) is 0. The van der Waals surface area contributed by atoms with Crippen molar-refractivity contribution >= 4 is 28.2 Å². The Kier molecular flexibility index (Phi) is 5.85. The Bertz CT molecular complexity index is 1130. The smallest absolute Gasteiger partial charge is 0.227 e. The maximum absolute atomic E-state index is 13.8. The van der Waals surface area contributed by atoms with E-state index in [1.54, 1.807) is 12.3 Å². The number of aromatic nitrogens is 1. The van der Waals surface area contributed by atoms with Gasteiger partial charge in [-0.05, 0) is 67.3 Å². The third kappa shape index (κ3) is 4.36. The zero-order chi connectivity index (χ0) is 22.1. The Balaban J connectivity index is 1.42. The summed E-state index contributed by atoms with van der Waals surface area (Å²) in [4.78, 5) is 17.0. The van der Waals surface area contributed by atoms with Gasteiger partial charge in [-0.3, -0.25) is 9.78 Å². The van der Waals surface area contributed by atoms with Gasteiger partial charge in [0.05, 0.1) is 16.9 Å². The lowest BCUT2D eigenvalue weighted by atomic mass is 9.73. The number of fused-ring (bicyclic) bond motifs is 1. The second kappa shape index (κ2) is 8.57. The largest absolute Gasteiger partial charge is 0.397 e. The van der Waals surface area contributed by atoms with Gasteiger partial charge in [-0.15, -0.1) is 0 Å². The summed E-state index contributed by atoms with van der Waals surface area (Å²) in [6.45, 7) is 1.84. The predicted molar refractivity (Wildman–Crippen MR) is 115 cm³/mol. The van der Waals surface area contributed by atoms with E-state index >= 15 is 0 Å². The summed E-state index contributed by atoms with van der Waals surface area (Å²) in [6.07, 6.45) is 5.19. The molecule has 1 aliphatic carbocycles. The van der Waals surface area contributed by atoms with Crippen LogP contribution in [0.25, 0.3) is 10.9 Å². The van der Waals surface area contributed by atoms with Crippen LogP contribution in [0.2, 0.25) is 0 Å². The third-order valence-corrected chi connectivity index (χ3v) is 6.42. The van der Waals surface area contributed by atoms with Crippen molar-refractivity contribution in [1.29, 1.82) is 0 Å². The Morgan fingerprint density at radius 1 is 1.06 bits per heavy atom. The van der Waals surface area contributed by atoms with Crippen molar-refractivity contribution in [3.8, 4) is 0 Å². The number of anilines is 2. The van der Waals surface area contributed by atoms with Crippen molar-refractivity contribution in [2.24, 2.45) is 11.8 Å². The van der Waals surface area contributed by atoms with Crippen LogP contribution in [-0.4, -0.2) is 10.9 Å². The molecular weight excluding hydrogens is 403 g/mol. The lowest BCUT2D eigenvalue weighted by Crippen LogP contribution is -2.30. The van der Waals surface area contributed by atoms with Crippen LogP contribution in [0.15, 0.2) is 42.6 Å². The molecule has 3 N–H and O–H groups in total. The number of nitrogen functional groups attached to an aromatic ring is 1. The lowest BCUT2D eigenvalue weighted by Gasteiger charge is -2.32. The molecule has 0 bridgehead atoms. The monoisotopic (exact) mass is 427 g/mol. The first-order chi connectivity index (χ1) is 14.8. The van der Waals surface area contributed by atoms with E-state index in [2.05, 4.69) is 10.3 Å². The van der Waals surface area contributed by atoms with Gasteiger partial charge in [0.15, 0.2) is 11.6 Å². The third-order valence-electron chi connectivity index (χ3n) is 6.42. The van der Waals surface area contributed by atoms with E-state index in [-0.39, 0.29) is 40.9 Å². The molecule has 0 radical (unpaired) electrons. The van der Waals surface area contributed by atoms with Crippen LogP contribution in [0.4, 0.5) is 24.5 Å². The molecule has 4 nitrogen and oxygen atoms in total. The molecule has 31 heavy (non-hydrogen) atoms. The minimum atomic E-state index is -1.06. The fourth-order valence-electron chi connectivity index (χ4n) is 4.56. The summed E-state index contributed by atoms with van der Waals surface area (Å²) < 4.78 is 40.5. The minimum absolute atomic E-state index is 0.0139. The van der Waals surface area contributed by atoms with E-state index in [0.29, 0.717) is 0 Å². The minimum Gasteiger partial charge on any atom is -0.397 e. The number of rotatable bonds is 4. The second-order valence-electron chi connectivity index (χ2n) is 8.30. The number of hydrogen-bond donors (Lipinski definition) is 2. The molecule has 1 aliphatic rings. The number of nitrogens with one attached hydrogen (secondary N) is 1. The van der Waals surface area contributed by atoms with E-state index in [9.17, 15) is 18.0 Å². The molecule has 1 amide bonds. The Morgan fingerprint density at radius 3 is 2.52 bits per heavy atom.